The number of carbonyl (C=O) groups is 2. The highest BCUT2D eigenvalue weighted by Crippen LogP contribution is 2.29. The predicted octanol–water partition coefficient (Wildman–Crippen LogP) is 6.64. The number of thioether (sulfide) groups is 1. The second-order valence-electron chi connectivity index (χ2n) is 10.5. The van der Waals surface area contributed by atoms with Crippen molar-refractivity contribution in [2.45, 2.75) is 39.1 Å². The van der Waals surface area contributed by atoms with Gasteiger partial charge in [-0.25, -0.2) is 4.79 Å². The third kappa shape index (κ3) is 8.35. The van der Waals surface area contributed by atoms with Gasteiger partial charge in [-0.05, 0) is 91.5 Å². The van der Waals surface area contributed by atoms with Gasteiger partial charge in [-0.2, -0.15) is 11.8 Å². The molecule has 3 aromatic carbocycles. The van der Waals surface area contributed by atoms with Crippen molar-refractivity contribution < 1.29 is 23.8 Å². The molecule has 220 valence electrons. The van der Waals surface area contributed by atoms with Gasteiger partial charge < -0.3 is 24.5 Å². The van der Waals surface area contributed by atoms with E-state index in [1.165, 1.54) is 5.56 Å². The number of carbonyl (C=O) groups excluding carboxylic acids is 1. The number of nitrogens with zero attached hydrogens (tertiary/aromatic N) is 1. The lowest BCUT2D eigenvalue weighted by atomic mass is 9.93. The summed E-state index contributed by atoms with van der Waals surface area (Å²) >= 11 is 1.55. The largest absolute Gasteiger partial charge is 0.480 e. The van der Waals surface area contributed by atoms with E-state index in [-0.39, 0.29) is 0 Å². The van der Waals surface area contributed by atoms with Gasteiger partial charge in [0, 0.05) is 17.7 Å². The quantitative estimate of drug-likeness (QED) is 0.171. The maximum absolute atomic E-state index is 13.3. The van der Waals surface area contributed by atoms with Crippen LogP contribution in [0.2, 0.25) is 0 Å². The Morgan fingerprint density at radius 3 is 2.38 bits per heavy atom. The van der Waals surface area contributed by atoms with Gasteiger partial charge in [0.15, 0.2) is 0 Å². The van der Waals surface area contributed by atoms with Crippen LogP contribution in [0.4, 0.5) is 0 Å². The molecule has 0 aliphatic heterocycles. The van der Waals surface area contributed by atoms with Crippen LogP contribution in [-0.4, -0.2) is 54.0 Å². The highest BCUT2D eigenvalue weighted by atomic mass is 32.2. The van der Waals surface area contributed by atoms with E-state index in [0.29, 0.717) is 31.0 Å². The number of furan rings is 1. The fourth-order valence-corrected chi connectivity index (χ4v) is 5.20. The number of hydrogen-bond donors (Lipinski definition) is 2. The molecule has 0 aliphatic carbocycles. The summed E-state index contributed by atoms with van der Waals surface area (Å²) in [5.41, 5.74) is 6.23. The molecule has 1 heterocycles. The zero-order chi connectivity index (χ0) is 30.1. The molecular formula is C34H38N2O5S. The molecule has 0 saturated carbocycles. The van der Waals surface area contributed by atoms with Gasteiger partial charge >= 0.3 is 5.97 Å². The standard InChI is InChI=1S/C34H38N2O5S/c1-23-7-5-6-8-28(23)30-19-25(11-15-29(30)33(37)35-31(34(38)39)17-18-42-4)21-40-22-27-14-16-32(41-27)26-12-9-24(10-13-26)20-36(2)3/h5-16,19,31H,17-18,20-22H2,1-4H3,(H,35,37)(H,38,39)/t31-/m0/s1. The van der Waals surface area contributed by atoms with Gasteiger partial charge in [0.05, 0.1) is 6.61 Å². The summed E-state index contributed by atoms with van der Waals surface area (Å²) in [6, 6.07) is 24.6. The van der Waals surface area contributed by atoms with E-state index in [2.05, 4.69) is 34.5 Å². The van der Waals surface area contributed by atoms with Crippen molar-refractivity contribution in [2.24, 2.45) is 0 Å². The molecule has 0 fully saturated rings. The normalized spacial score (nSPS) is 11.9. The zero-order valence-electron chi connectivity index (χ0n) is 24.6. The molecule has 4 rings (SSSR count). The van der Waals surface area contributed by atoms with Crippen LogP contribution in [0.15, 0.2) is 83.3 Å². The summed E-state index contributed by atoms with van der Waals surface area (Å²) < 4.78 is 12.0. The SMILES string of the molecule is CSCC[C@H](NC(=O)c1ccc(COCc2ccc(-c3ccc(CN(C)C)cc3)o2)cc1-c1ccccc1C)C(=O)O. The van der Waals surface area contributed by atoms with E-state index in [1.807, 2.05) is 75.8 Å². The highest BCUT2D eigenvalue weighted by molar-refractivity contribution is 7.98. The van der Waals surface area contributed by atoms with E-state index in [0.717, 1.165) is 45.9 Å². The first-order valence-electron chi connectivity index (χ1n) is 13.9. The molecule has 0 unspecified atom stereocenters. The van der Waals surface area contributed by atoms with Crippen LogP contribution in [0.5, 0.6) is 0 Å². The van der Waals surface area contributed by atoms with Crippen LogP contribution < -0.4 is 5.32 Å². The lowest BCUT2D eigenvalue weighted by Gasteiger charge is -2.17. The number of nitrogens with one attached hydrogen (secondary N) is 1. The molecule has 0 bridgehead atoms. The average molecular weight is 587 g/mol. The Hall–Kier alpha value is -3.85. The minimum atomic E-state index is -1.04. The lowest BCUT2D eigenvalue weighted by Crippen LogP contribution is -2.41. The molecule has 1 aromatic heterocycles. The second-order valence-corrected chi connectivity index (χ2v) is 11.5. The number of amides is 1. The van der Waals surface area contributed by atoms with Crippen LogP contribution >= 0.6 is 11.8 Å². The van der Waals surface area contributed by atoms with Gasteiger partial charge in [0.2, 0.25) is 0 Å². The maximum atomic E-state index is 13.3. The number of ether oxygens (including phenoxy) is 1. The molecular weight excluding hydrogens is 548 g/mol. The van der Waals surface area contributed by atoms with E-state index in [4.69, 9.17) is 9.15 Å². The fourth-order valence-electron chi connectivity index (χ4n) is 4.73. The molecule has 8 heteroatoms. The minimum absolute atomic E-state index is 0.302. The first kappa shape index (κ1) is 31.1. The van der Waals surface area contributed by atoms with Crippen LogP contribution in [-0.2, 0) is 29.3 Å². The molecule has 2 N–H and O–H groups in total. The highest BCUT2D eigenvalue weighted by Gasteiger charge is 2.23. The van der Waals surface area contributed by atoms with Gasteiger partial charge in [-0.1, -0.05) is 54.6 Å². The van der Waals surface area contributed by atoms with Gasteiger partial charge in [0.1, 0.15) is 24.2 Å². The zero-order valence-corrected chi connectivity index (χ0v) is 25.4. The Morgan fingerprint density at radius 2 is 1.69 bits per heavy atom. The number of benzene rings is 3. The van der Waals surface area contributed by atoms with Crippen LogP contribution in [0.3, 0.4) is 0 Å². The molecule has 0 radical (unpaired) electrons. The number of carboxylic acids is 1. The Bertz CT molecular complexity index is 1500. The number of carboxylic acid groups (broad SMARTS) is 1. The van der Waals surface area contributed by atoms with Crippen molar-refractivity contribution in [3.8, 4) is 22.5 Å². The molecule has 0 saturated heterocycles. The molecule has 0 aliphatic rings. The summed E-state index contributed by atoms with van der Waals surface area (Å²) in [6.45, 7) is 3.50. The van der Waals surface area contributed by atoms with Gasteiger partial charge in [-0.15, -0.1) is 0 Å². The summed E-state index contributed by atoms with van der Waals surface area (Å²) in [7, 11) is 4.10. The number of rotatable bonds is 14. The third-order valence-corrected chi connectivity index (χ3v) is 7.53. The van der Waals surface area contributed by atoms with Crippen LogP contribution in [0.25, 0.3) is 22.5 Å². The minimum Gasteiger partial charge on any atom is -0.480 e. The van der Waals surface area contributed by atoms with Crippen molar-refractivity contribution in [1.29, 1.82) is 0 Å². The third-order valence-electron chi connectivity index (χ3n) is 6.89. The average Bonchev–Trinajstić information content (AvgIpc) is 3.44. The smallest absolute Gasteiger partial charge is 0.326 e. The topological polar surface area (TPSA) is 92.0 Å². The second kappa shape index (κ2) is 14.9. The molecule has 1 amide bonds. The Kier molecular flexibility index (Phi) is 11.0. The van der Waals surface area contributed by atoms with Crippen molar-refractivity contribution in [3.05, 3.63) is 107 Å². The first-order chi connectivity index (χ1) is 20.2. The first-order valence-corrected chi connectivity index (χ1v) is 15.3. The molecule has 7 nitrogen and oxygen atoms in total. The summed E-state index contributed by atoms with van der Waals surface area (Å²) in [5, 5.41) is 12.3. The molecule has 0 spiro atoms. The van der Waals surface area contributed by atoms with Crippen LogP contribution in [0.1, 0.15) is 39.2 Å². The monoisotopic (exact) mass is 586 g/mol. The Labute approximate surface area is 251 Å². The van der Waals surface area contributed by atoms with E-state index in [9.17, 15) is 14.7 Å². The summed E-state index contributed by atoms with van der Waals surface area (Å²) in [4.78, 5) is 27.2. The van der Waals surface area contributed by atoms with Gasteiger partial charge in [-0.3, -0.25) is 4.79 Å². The molecule has 1 atom stereocenters. The Morgan fingerprint density at radius 1 is 0.952 bits per heavy atom. The summed E-state index contributed by atoms with van der Waals surface area (Å²) in [5.74, 6) is 0.703. The fraction of sp³-hybridized carbons (Fsp3) is 0.294. The van der Waals surface area contributed by atoms with Crippen molar-refractivity contribution >= 4 is 23.6 Å². The van der Waals surface area contributed by atoms with Gasteiger partial charge in [0.25, 0.3) is 5.91 Å². The number of aliphatic carboxylic acids is 1. The van der Waals surface area contributed by atoms with Crippen LogP contribution in [0, 0.1) is 6.92 Å². The predicted molar refractivity (Wildman–Crippen MR) is 169 cm³/mol. The lowest BCUT2D eigenvalue weighted by molar-refractivity contribution is -0.139. The van der Waals surface area contributed by atoms with E-state index in [1.54, 1.807) is 17.8 Å². The van der Waals surface area contributed by atoms with Crippen molar-refractivity contribution in [1.82, 2.24) is 10.2 Å². The van der Waals surface area contributed by atoms with Crippen molar-refractivity contribution in [3.63, 3.8) is 0 Å². The molecule has 42 heavy (non-hydrogen) atoms. The number of hydrogen-bond acceptors (Lipinski definition) is 6. The van der Waals surface area contributed by atoms with E-state index >= 15 is 0 Å². The Balaban J connectivity index is 1.47. The van der Waals surface area contributed by atoms with Crippen molar-refractivity contribution in [2.75, 3.05) is 26.1 Å². The number of aryl methyl sites for hydroxylation is 1. The maximum Gasteiger partial charge on any atom is 0.326 e. The molecule has 4 aromatic rings. The summed E-state index contributed by atoms with van der Waals surface area (Å²) in [6.07, 6.45) is 2.26. The van der Waals surface area contributed by atoms with E-state index < -0.39 is 17.9 Å².